The van der Waals surface area contributed by atoms with Crippen LogP contribution in [0.25, 0.3) is 5.69 Å². The van der Waals surface area contributed by atoms with Gasteiger partial charge in [-0.25, -0.2) is 0 Å². The lowest BCUT2D eigenvalue weighted by Gasteiger charge is -2.30. The molecule has 0 radical (unpaired) electrons. The minimum atomic E-state index is 0.104. The molecule has 114 valence electrons. The summed E-state index contributed by atoms with van der Waals surface area (Å²) in [5.41, 5.74) is 2.32. The summed E-state index contributed by atoms with van der Waals surface area (Å²) in [7, 11) is 1.55. The second-order valence-corrected chi connectivity index (χ2v) is 6.21. The molecule has 2 aromatic rings. The second kappa shape index (κ2) is 4.71. The third-order valence-corrected chi connectivity index (χ3v) is 4.99. The Bertz CT molecular complexity index is 756. The summed E-state index contributed by atoms with van der Waals surface area (Å²) < 4.78 is 6.61. The van der Waals surface area contributed by atoms with E-state index in [2.05, 4.69) is 12.2 Å². The minimum absolute atomic E-state index is 0.104. The molecule has 1 aromatic heterocycles. The fraction of sp³-hybridized carbons (Fsp3) is 0.294. The lowest BCUT2D eigenvalue weighted by atomic mass is 9.73. The van der Waals surface area contributed by atoms with Gasteiger partial charge in [-0.15, -0.1) is 0 Å². The maximum absolute atomic E-state index is 10.6. The van der Waals surface area contributed by atoms with E-state index < -0.39 is 0 Å². The minimum Gasteiger partial charge on any atom is -0.495 e. The quantitative estimate of drug-likeness (QED) is 0.821. The number of rotatable bonds is 2. The number of hydrogen-bond donors (Lipinski definition) is 2. The van der Waals surface area contributed by atoms with Crippen LogP contribution in [0.15, 0.2) is 30.4 Å². The van der Waals surface area contributed by atoms with Crippen molar-refractivity contribution < 1.29 is 14.9 Å². The van der Waals surface area contributed by atoms with Crippen molar-refractivity contribution >= 4 is 11.6 Å². The van der Waals surface area contributed by atoms with Crippen LogP contribution in [0.2, 0.25) is 5.02 Å². The first-order valence-electron chi connectivity index (χ1n) is 7.30. The van der Waals surface area contributed by atoms with Gasteiger partial charge in [0.15, 0.2) is 0 Å². The van der Waals surface area contributed by atoms with Gasteiger partial charge in [-0.3, -0.25) is 4.57 Å². The Morgan fingerprint density at radius 1 is 1.09 bits per heavy atom. The molecule has 0 saturated heterocycles. The number of benzene rings is 1. The van der Waals surface area contributed by atoms with Crippen molar-refractivity contribution in [1.29, 1.82) is 0 Å². The third kappa shape index (κ3) is 1.70. The monoisotopic (exact) mass is 317 g/mol. The molecule has 1 aromatic carbocycles. The molecule has 5 heteroatoms. The van der Waals surface area contributed by atoms with Crippen molar-refractivity contribution in [3.63, 3.8) is 0 Å². The Labute approximate surface area is 133 Å². The van der Waals surface area contributed by atoms with Crippen molar-refractivity contribution in [2.24, 2.45) is 0 Å². The maximum atomic E-state index is 10.6. The van der Waals surface area contributed by atoms with Crippen molar-refractivity contribution in [2.75, 3.05) is 7.11 Å². The maximum Gasteiger partial charge on any atom is 0.202 e. The Morgan fingerprint density at radius 2 is 1.68 bits per heavy atom. The van der Waals surface area contributed by atoms with Crippen LogP contribution in [0.1, 0.15) is 35.8 Å². The summed E-state index contributed by atoms with van der Waals surface area (Å²) >= 11 is 6.17. The van der Waals surface area contributed by atoms with E-state index in [1.54, 1.807) is 25.3 Å². The highest BCUT2D eigenvalue weighted by Crippen LogP contribution is 2.54. The van der Waals surface area contributed by atoms with Gasteiger partial charge in [-0.05, 0) is 31.0 Å². The second-order valence-electron chi connectivity index (χ2n) is 5.80. The molecule has 3 aliphatic rings. The topological polar surface area (TPSA) is 54.6 Å². The predicted octanol–water partition coefficient (Wildman–Crippen LogP) is 4.08. The van der Waals surface area contributed by atoms with Crippen molar-refractivity contribution in [3.8, 4) is 23.2 Å². The molecule has 0 unspecified atom stereocenters. The van der Waals surface area contributed by atoms with E-state index in [1.165, 1.54) is 4.57 Å². The Morgan fingerprint density at radius 3 is 2.14 bits per heavy atom. The summed E-state index contributed by atoms with van der Waals surface area (Å²) in [5.74, 6) is 1.13. The number of halogens is 1. The third-order valence-electron chi connectivity index (χ3n) is 4.70. The van der Waals surface area contributed by atoms with Crippen molar-refractivity contribution in [2.45, 2.75) is 24.7 Å². The van der Waals surface area contributed by atoms with Gasteiger partial charge in [0.2, 0.25) is 11.8 Å². The van der Waals surface area contributed by atoms with Gasteiger partial charge >= 0.3 is 0 Å². The van der Waals surface area contributed by atoms with Crippen molar-refractivity contribution in [1.82, 2.24) is 4.57 Å². The number of aromatic nitrogens is 1. The lowest BCUT2D eigenvalue weighted by molar-refractivity contribution is 0.398. The van der Waals surface area contributed by atoms with Gasteiger partial charge in [0.05, 0.1) is 17.8 Å². The molecule has 0 saturated carbocycles. The zero-order valence-electron chi connectivity index (χ0n) is 12.1. The zero-order chi connectivity index (χ0) is 15.4. The molecule has 3 aliphatic carbocycles. The number of aromatic hydroxyl groups is 2. The van der Waals surface area contributed by atoms with E-state index in [1.807, 2.05) is 0 Å². The first-order valence-corrected chi connectivity index (χ1v) is 7.68. The van der Waals surface area contributed by atoms with Gasteiger partial charge in [0.25, 0.3) is 0 Å². The van der Waals surface area contributed by atoms with E-state index in [4.69, 9.17) is 16.3 Å². The fourth-order valence-corrected chi connectivity index (χ4v) is 3.91. The summed E-state index contributed by atoms with van der Waals surface area (Å²) in [5, 5.41) is 21.7. The average Bonchev–Trinajstić information content (AvgIpc) is 2.82. The van der Waals surface area contributed by atoms with E-state index in [9.17, 15) is 10.2 Å². The van der Waals surface area contributed by atoms with Crippen LogP contribution in [-0.4, -0.2) is 21.9 Å². The van der Waals surface area contributed by atoms with E-state index >= 15 is 0 Å². The van der Waals surface area contributed by atoms with Gasteiger partial charge in [-0.2, -0.15) is 0 Å². The highest BCUT2D eigenvalue weighted by Gasteiger charge is 2.37. The molecule has 4 nitrogen and oxygen atoms in total. The summed E-state index contributed by atoms with van der Waals surface area (Å²) in [6.07, 6.45) is 6.27. The molecule has 22 heavy (non-hydrogen) atoms. The Hall–Kier alpha value is -2.07. The molecule has 1 heterocycles. The fourth-order valence-electron chi connectivity index (χ4n) is 3.65. The molecular formula is C17H16ClNO3. The van der Waals surface area contributed by atoms with Crippen LogP contribution in [0, 0.1) is 0 Å². The Kier molecular flexibility index (Phi) is 2.91. The number of ether oxygens (including phenoxy) is 1. The number of nitrogens with zero attached hydrogens (tertiary/aromatic N) is 1. The Balaban J connectivity index is 1.91. The summed E-state index contributed by atoms with van der Waals surface area (Å²) in [6, 6.07) is 5.17. The van der Waals surface area contributed by atoms with Gasteiger partial charge in [0.1, 0.15) is 5.75 Å². The van der Waals surface area contributed by atoms with Crippen LogP contribution in [0.3, 0.4) is 0 Å². The van der Waals surface area contributed by atoms with Crippen LogP contribution in [-0.2, 0) is 0 Å². The molecule has 2 atom stereocenters. The molecule has 2 N–H and O–H groups in total. The zero-order valence-corrected chi connectivity index (χ0v) is 12.8. The largest absolute Gasteiger partial charge is 0.495 e. The molecule has 0 aliphatic heterocycles. The van der Waals surface area contributed by atoms with Crippen LogP contribution >= 0.6 is 11.6 Å². The van der Waals surface area contributed by atoms with E-state index in [-0.39, 0.29) is 23.6 Å². The normalized spacial score (nSPS) is 21.9. The highest BCUT2D eigenvalue weighted by molar-refractivity contribution is 6.32. The van der Waals surface area contributed by atoms with E-state index in [0.717, 1.165) is 24.0 Å². The molecule has 0 spiro atoms. The van der Waals surface area contributed by atoms with Gasteiger partial charge in [-0.1, -0.05) is 23.8 Å². The predicted molar refractivity (Wildman–Crippen MR) is 84.5 cm³/mol. The smallest absolute Gasteiger partial charge is 0.202 e. The molecule has 2 bridgehead atoms. The number of methoxy groups -OCH3 is 1. The standard InChI is InChI=1S/C17H16ClNO3/c1-22-13-7-6-11(8-12(13)18)19-16(20)14-9-2-3-10(5-4-9)15(14)17(19)21/h2-3,6-10,20-21H,4-5H2,1H3/t9-,10+. The average molecular weight is 318 g/mol. The van der Waals surface area contributed by atoms with Crippen molar-refractivity contribution in [3.05, 3.63) is 46.5 Å². The van der Waals surface area contributed by atoms with Gasteiger partial charge in [0, 0.05) is 23.0 Å². The highest BCUT2D eigenvalue weighted by atomic mass is 35.5. The number of hydrogen-bond acceptors (Lipinski definition) is 3. The van der Waals surface area contributed by atoms with Crippen LogP contribution in [0.5, 0.6) is 17.5 Å². The molecule has 5 rings (SSSR count). The van der Waals surface area contributed by atoms with E-state index in [0.29, 0.717) is 16.5 Å². The van der Waals surface area contributed by atoms with Crippen LogP contribution < -0.4 is 4.74 Å². The number of allylic oxidation sites excluding steroid dienone is 2. The van der Waals surface area contributed by atoms with Gasteiger partial charge < -0.3 is 14.9 Å². The molecule has 0 fully saturated rings. The number of fused-ring (bicyclic) bond motifs is 1. The summed E-state index contributed by atoms with van der Waals surface area (Å²) in [4.78, 5) is 0. The van der Waals surface area contributed by atoms with Crippen LogP contribution in [0.4, 0.5) is 0 Å². The molecular weight excluding hydrogens is 302 g/mol. The summed E-state index contributed by atoms with van der Waals surface area (Å²) in [6.45, 7) is 0. The molecule has 0 amide bonds. The first-order chi connectivity index (χ1) is 10.6. The SMILES string of the molecule is COc1ccc(-n2c(O)c3c(c2O)[C@H]2C=C[C@@H]3CC2)cc1Cl. The first kappa shape index (κ1) is 13.6. The lowest BCUT2D eigenvalue weighted by Crippen LogP contribution is -2.15.